The number of amides is 1. The van der Waals surface area contributed by atoms with Crippen molar-refractivity contribution in [1.82, 2.24) is 15.5 Å². The van der Waals surface area contributed by atoms with Gasteiger partial charge in [-0.3, -0.25) is 9.69 Å². The average Bonchev–Trinajstić information content (AvgIpc) is 3.14. The number of carbonyl (C=O) groups excluding carboxylic acids is 1. The van der Waals surface area contributed by atoms with E-state index < -0.39 is 0 Å². The van der Waals surface area contributed by atoms with Gasteiger partial charge in [-0.2, -0.15) is 0 Å². The highest BCUT2D eigenvalue weighted by atomic mass is 32.1. The molecule has 1 amide bonds. The number of nitrogens with one attached hydrogen (secondary N) is 2. The summed E-state index contributed by atoms with van der Waals surface area (Å²) in [5.74, 6) is 0.108. The third-order valence-electron chi connectivity index (χ3n) is 5.13. The Labute approximate surface area is 164 Å². The smallest absolute Gasteiger partial charge is 0.242 e. The van der Waals surface area contributed by atoms with Crippen molar-refractivity contribution >= 4 is 27.3 Å². The van der Waals surface area contributed by atoms with Gasteiger partial charge in [0.25, 0.3) is 0 Å². The molecule has 4 nitrogen and oxygen atoms in total. The van der Waals surface area contributed by atoms with Crippen molar-refractivity contribution in [2.45, 2.75) is 12.5 Å². The fourth-order valence-electron chi connectivity index (χ4n) is 3.73. The van der Waals surface area contributed by atoms with Crippen LogP contribution in [0.15, 0.2) is 60.0 Å². The van der Waals surface area contributed by atoms with Gasteiger partial charge in [0.05, 0.1) is 0 Å². The van der Waals surface area contributed by atoms with E-state index >= 15 is 0 Å². The Kier molecular flexibility index (Phi) is 5.82. The maximum absolute atomic E-state index is 13.2. The molecule has 3 aromatic rings. The Hall–Kier alpha value is -2.21. The zero-order valence-electron chi connectivity index (χ0n) is 15.4. The Morgan fingerprint density at radius 3 is 2.63 bits per heavy atom. The number of carbonyl (C=O) groups is 1. The molecular formula is C22H25N3OS. The molecule has 1 saturated heterocycles. The maximum Gasteiger partial charge on any atom is 0.242 e. The van der Waals surface area contributed by atoms with Gasteiger partial charge < -0.3 is 10.6 Å². The largest absolute Gasteiger partial charge is 0.354 e. The van der Waals surface area contributed by atoms with E-state index in [0.717, 1.165) is 38.2 Å². The van der Waals surface area contributed by atoms with Crippen molar-refractivity contribution in [3.8, 4) is 0 Å². The van der Waals surface area contributed by atoms with Gasteiger partial charge in [0.2, 0.25) is 5.91 Å². The molecule has 0 radical (unpaired) electrons. The number of fused-ring (bicyclic) bond motifs is 1. The van der Waals surface area contributed by atoms with Crippen LogP contribution in [0, 0.1) is 0 Å². The molecule has 4 rings (SSSR count). The molecule has 2 N–H and O–H groups in total. The number of nitrogens with zero attached hydrogens (tertiary/aromatic N) is 1. The zero-order valence-corrected chi connectivity index (χ0v) is 16.2. The van der Waals surface area contributed by atoms with Gasteiger partial charge in [-0.1, -0.05) is 48.5 Å². The number of hydrogen-bond acceptors (Lipinski definition) is 4. The fraction of sp³-hybridized carbons (Fsp3) is 0.318. The van der Waals surface area contributed by atoms with Crippen molar-refractivity contribution in [2.75, 3.05) is 32.7 Å². The summed E-state index contributed by atoms with van der Waals surface area (Å²) >= 11 is 1.72. The summed E-state index contributed by atoms with van der Waals surface area (Å²) in [6.07, 6.45) is 0.852. The molecule has 1 aliphatic heterocycles. The molecule has 2 aromatic carbocycles. The molecule has 1 aliphatic rings. The highest BCUT2D eigenvalue weighted by molar-refractivity contribution is 7.17. The second-order valence-electron chi connectivity index (χ2n) is 6.90. The fourth-order valence-corrected chi connectivity index (χ4v) is 4.71. The van der Waals surface area contributed by atoms with E-state index in [1.54, 1.807) is 11.3 Å². The van der Waals surface area contributed by atoms with E-state index in [1.165, 1.54) is 15.6 Å². The zero-order chi connectivity index (χ0) is 18.5. The van der Waals surface area contributed by atoms with Crippen LogP contribution in [-0.4, -0.2) is 43.5 Å². The van der Waals surface area contributed by atoms with Crippen LogP contribution in [0.25, 0.3) is 10.1 Å². The first-order chi connectivity index (χ1) is 13.3. The number of thiophene rings is 1. The first kappa shape index (κ1) is 18.2. The quantitative estimate of drug-likeness (QED) is 0.691. The summed E-state index contributed by atoms with van der Waals surface area (Å²) < 4.78 is 1.24. The number of hydrogen-bond donors (Lipinski definition) is 2. The molecule has 140 valence electrons. The number of rotatable bonds is 6. The Morgan fingerprint density at radius 2 is 1.81 bits per heavy atom. The van der Waals surface area contributed by atoms with Crippen LogP contribution < -0.4 is 10.6 Å². The molecule has 1 aromatic heterocycles. The molecule has 1 atom stereocenters. The number of piperazine rings is 1. The molecule has 2 heterocycles. The van der Waals surface area contributed by atoms with Crippen LogP contribution in [0.2, 0.25) is 0 Å². The molecule has 27 heavy (non-hydrogen) atoms. The molecule has 0 bridgehead atoms. The minimum Gasteiger partial charge on any atom is -0.354 e. The predicted octanol–water partition coefficient (Wildman–Crippen LogP) is 3.21. The van der Waals surface area contributed by atoms with E-state index in [-0.39, 0.29) is 11.9 Å². The summed E-state index contributed by atoms with van der Waals surface area (Å²) in [5, 5.41) is 9.93. The number of benzene rings is 2. The van der Waals surface area contributed by atoms with E-state index in [2.05, 4.69) is 57.3 Å². The summed E-state index contributed by atoms with van der Waals surface area (Å²) in [5.41, 5.74) is 2.38. The summed E-state index contributed by atoms with van der Waals surface area (Å²) in [4.78, 5) is 15.5. The Morgan fingerprint density at radius 1 is 1.07 bits per heavy atom. The first-order valence-corrected chi connectivity index (χ1v) is 10.4. The molecule has 1 fully saturated rings. The normalized spacial score (nSPS) is 16.3. The molecule has 1 unspecified atom stereocenters. The standard InChI is InChI=1S/C22H25N3OS/c26-22(24-11-10-17-6-2-1-3-7-17)21(25-14-12-23-13-15-25)19-16-27-20-9-5-4-8-18(19)20/h1-9,16,21,23H,10-15H2,(H,24,26). The second-order valence-corrected chi connectivity index (χ2v) is 7.81. The lowest BCUT2D eigenvalue weighted by atomic mass is 10.0. The van der Waals surface area contributed by atoms with Gasteiger partial charge in [-0.25, -0.2) is 0 Å². The summed E-state index contributed by atoms with van der Waals surface area (Å²) in [6, 6.07) is 18.5. The lowest BCUT2D eigenvalue weighted by Gasteiger charge is -2.34. The monoisotopic (exact) mass is 379 g/mol. The molecule has 0 spiro atoms. The summed E-state index contributed by atoms with van der Waals surface area (Å²) in [7, 11) is 0. The van der Waals surface area contributed by atoms with Crippen molar-refractivity contribution in [1.29, 1.82) is 0 Å². The van der Waals surface area contributed by atoms with Gasteiger partial charge in [0.1, 0.15) is 6.04 Å². The van der Waals surface area contributed by atoms with E-state index in [4.69, 9.17) is 0 Å². The van der Waals surface area contributed by atoms with Crippen LogP contribution in [-0.2, 0) is 11.2 Å². The third-order valence-corrected chi connectivity index (χ3v) is 6.11. The Bertz CT molecular complexity index is 887. The van der Waals surface area contributed by atoms with Gasteiger partial charge in [0.15, 0.2) is 0 Å². The van der Waals surface area contributed by atoms with Gasteiger partial charge in [-0.05, 0) is 34.4 Å². The van der Waals surface area contributed by atoms with Crippen LogP contribution in [0.3, 0.4) is 0 Å². The maximum atomic E-state index is 13.2. The van der Waals surface area contributed by atoms with Crippen LogP contribution >= 0.6 is 11.3 Å². The van der Waals surface area contributed by atoms with Crippen molar-refractivity contribution in [3.63, 3.8) is 0 Å². The van der Waals surface area contributed by atoms with E-state index in [1.807, 2.05) is 18.2 Å². The van der Waals surface area contributed by atoms with Crippen molar-refractivity contribution in [2.24, 2.45) is 0 Å². The molecule has 0 aliphatic carbocycles. The second kappa shape index (κ2) is 8.65. The minimum atomic E-state index is -0.223. The lowest BCUT2D eigenvalue weighted by Crippen LogP contribution is -2.49. The van der Waals surface area contributed by atoms with Crippen LogP contribution in [0.1, 0.15) is 17.2 Å². The molecule has 0 saturated carbocycles. The third kappa shape index (κ3) is 4.21. The molecule has 5 heteroatoms. The van der Waals surface area contributed by atoms with Crippen molar-refractivity contribution in [3.05, 3.63) is 71.1 Å². The predicted molar refractivity (Wildman–Crippen MR) is 112 cm³/mol. The highest BCUT2D eigenvalue weighted by Crippen LogP contribution is 2.33. The van der Waals surface area contributed by atoms with E-state index in [9.17, 15) is 4.79 Å². The SMILES string of the molecule is O=C(NCCc1ccccc1)C(c1csc2ccccc12)N1CCNCC1. The van der Waals surface area contributed by atoms with Gasteiger partial charge in [0, 0.05) is 37.4 Å². The van der Waals surface area contributed by atoms with Gasteiger partial charge in [-0.15, -0.1) is 11.3 Å². The van der Waals surface area contributed by atoms with E-state index in [0.29, 0.717) is 6.54 Å². The average molecular weight is 380 g/mol. The minimum absolute atomic E-state index is 0.108. The lowest BCUT2D eigenvalue weighted by molar-refractivity contribution is -0.126. The van der Waals surface area contributed by atoms with Gasteiger partial charge >= 0.3 is 0 Å². The Balaban J connectivity index is 1.53. The van der Waals surface area contributed by atoms with Crippen LogP contribution in [0.5, 0.6) is 0 Å². The first-order valence-electron chi connectivity index (χ1n) is 9.55. The van der Waals surface area contributed by atoms with Crippen molar-refractivity contribution < 1.29 is 4.79 Å². The van der Waals surface area contributed by atoms with Crippen LogP contribution in [0.4, 0.5) is 0 Å². The molecular weight excluding hydrogens is 354 g/mol. The highest BCUT2D eigenvalue weighted by Gasteiger charge is 2.30. The topological polar surface area (TPSA) is 44.4 Å². The summed E-state index contributed by atoms with van der Waals surface area (Å²) in [6.45, 7) is 4.29.